The van der Waals surface area contributed by atoms with Gasteiger partial charge >= 0.3 is 0 Å². The van der Waals surface area contributed by atoms with Gasteiger partial charge in [-0.05, 0) is 54.3 Å². The quantitative estimate of drug-likeness (QED) is 0.488. The van der Waals surface area contributed by atoms with Gasteiger partial charge in [-0.3, -0.25) is 4.79 Å². The van der Waals surface area contributed by atoms with Crippen molar-refractivity contribution >= 4 is 32.4 Å². The van der Waals surface area contributed by atoms with E-state index in [4.69, 9.17) is 0 Å². The minimum atomic E-state index is -3.61. The van der Waals surface area contributed by atoms with Gasteiger partial charge < -0.3 is 9.80 Å². The van der Waals surface area contributed by atoms with Crippen LogP contribution < -0.4 is 4.90 Å². The Morgan fingerprint density at radius 3 is 2.26 bits per heavy atom. The molecule has 0 unspecified atom stereocenters. The number of carbonyl (C=O) groups is 1. The standard InChI is InChI=1S/C28H35N3O3S/c1-21(2)19-30(27-12-9-22(3)17-23(27)4)20-28(32)29-13-15-31(16-14-29)35(33,34)26-11-10-24-7-5-6-8-25(24)18-26/h5-12,17-18,21H,13-16,19-20H2,1-4H3. The first-order chi connectivity index (χ1) is 16.6. The van der Waals surface area contributed by atoms with Crippen LogP contribution in [0.15, 0.2) is 65.6 Å². The summed E-state index contributed by atoms with van der Waals surface area (Å²) in [6.07, 6.45) is 0. The van der Waals surface area contributed by atoms with Crippen LogP contribution >= 0.6 is 0 Å². The molecule has 1 amide bonds. The Balaban J connectivity index is 1.43. The van der Waals surface area contributed by atoms with Crippen LogP contribution in [0.5, 0.6) is 0 Å². The third-order valence-corrected chi connectivity index (χ3v) is 8.45. The van der Waals surface area contributed by atoms with Crippen LogP contribution in [0.3, 0.4) is 0 Å². The molecule has 1 fully saturated rings. The molecule has 6 nitrogen and oxygen atoms in total. The number of piperazine rings is 1. The number of amides is 1. The predicted molar refractivity (Wildman–Crippen MR) is 142 cm³/mol. The van der Waals surface area contributed by atoms with Crippen LogP contribution in [0.1, 0.15) is 25.0 Å². The maximum Gasteiger partial charge on any atom is 0.243 e. The zero-order valence-electron chi connectivity index (χ0n) is 21.1. The maximum absolute atomic E-state index is 13.3. The van der Waals surface area contributed by atoms with Crippen molar-refractivity contribution in [2.75, 3.05) is 44.2 Å². The zero-order chi connectivity index (χ0) is 25.2. The van der Waals surface area contributed by atoms with E-state index in [1.54, 1.807) is 17.0 Å². The summed E-state index contributed by atoms with van der Waals surface area (Å²) in [5, 5.41) is 1.91. The zero-order valence-corrected chi connectivity index (χ0v) is 21.9. The molecule has 7 heteroatoms. The molecule has 0 bridgehead atoms. The lowest BCUT2D eigenvalue weighted by molar-refractivity contribution is -0.130. The fraction of sp³-hybridized carbons (Fsp3) is 0.393. The van der Waals surface area contributed by atoms with Gasteiger partial charge in [0.05, 0.1) is 11.4 Å². The molecule has 0 spiro atoms. The van der Waals surface area contributed by atoms with Gasteiger partial charge in [-0.25, -0.2) is 8.42 Å². The lowest BCUT2D eigenvalue weighted by Crippen LogP contribution is -2.52. The average Bonchev–Trinajstić information content (AvgIpc) is 2.83. The summed E-state index contributed by atoms with van der Waals surface area (Å²) < 4.78 is 28.0. The predicted octanol–water partition coefficient (Wildman–Crippen LogP) is 4.45. The summed E-state index contributed by atoms with van der Waals surface area (Å²) in [5.41, 5.74) is 3.44. The molecule has 186 valence electrons. The van der Waals surface area contributed by atoms with Crippen LogP contribution in [0, 0.1) is 19.8 Å². The first-order valence-electron chi connectivity index (χ1n) is 12.2. The van der Waals surface area contributed by atoms with Gasteiger partial charge in [-0.1, -0.05) is 61.9 Å². The Morgan fingerprint density at radius 2 is 1.60 bits per heavy atom. The van der Waals surface area contributed by atoms with Crippen molar-refractivity contribution in [3.63, 3.8) is 0 Å². The highest BCUT2D eigenvalue weighted by molar-refractivity contribution is 7.89. The molecule has 0 radical (unpaired) electrons. The number of hydrogen-bond donors (Lipinski definition) is 0. The topological polar surface area (TPSA) is 60.9 Å². The van der Waals surface area contributed by atoms with Crippen molar-refractivity contribution < 1.29 is 13.2 Å². The second kappa shape index (κ2) is 10.4. The van der Waals surface area contributed by atoms with E-state index in [9.17, 15) is 13.2 Å². The molecule has 1 aliphatic heterocycles. The van der Waals surface area contributed by atoms with E-state index in [-0.39, 0.29) is 5.91 Å². The average molecular weight is 494 g/mol. The molecule has 0 aromatic heterocycles. The van der Waals surface area contributed by atoms with Gasteiger partial charge in [0.1, 0.15) is 0 Å². The van der Waals surface area contributed by atoms with E-state index >= 15 is 0 Å². The second-order valence-electron chi connectivity index (χ2n) is 9.86. The van der Waals surface area contributed by atoms with E-state index in [0.29, 0.717) is 43.5 Å². The first kappa shape index (κ1) is 25.2. The van der Waals surface area contributed by atoms with Gasteiger partial charge in [0.25, 0.3) is 0 Å². The lowest BCUT2D eigenvalue weighted by atomic mass is 10.1. The first-order valence-corrected chi connectivity index (χ1v) is 13.7. The van der Waals surface area contributed by atoms with Crippen LogP contribution in [0.4, 0.5) is 5.69 Å². The van der Waals surface area contributed by atoms with E-state index in [1.165, 1.54) is 9.87 Å². The van der Waals surface area contributed by atoms with E-state index in [2.05, 4.69) is 50.8 Å². The summed E-state index contributed by atoms with van der Waals surface area (Å²) in [6, 6.07) is 19.3. The highest BCUT2D eigenvalue weighted by atomic mass is 32.2. The molecule has 35 heavy (non-hydrogen) atoms. The number of nitrogens with zero attached hydrogens (tertiary/aromatic N) is 3. The number of aryl methyl sites for hydroxylation is 2. The minimum Gasteiger partial charge on any atom is -0.362 e. The van der Waals surface area contributed by atoms with Crippen LogP contribution in [-0.4, -0.2) is 62.8 Å². The van der Waals surface area contributed by atoms with Crippen molar-refractivity contribution in [2.24, 2.45) is 5.92 Å². The number of rotatable bonds is 7. The van der Waals surface area contributed by atoms with Crippen molar-refractivity contribution in [1.82, 2.24) is 9.21 Å². The van der Waals surface area contributed by atoms with Crippen LogP contribution in [0.25, 0.3) is 10.8 Å². The van der Waals surface area contributed by atoms with Gasteiger partial charge in [-0.15, -0.1) is 0 Å². The largest absolute Gasteiger partial charge is 0.362 e. The highest BCUT2D eigenvalue weighted by Gasteiger charge is 2.31. The van der Waals surface area contributed by atoms with Crippen molar-refractivity contribution in [3.8, 4) is 0 Å². The third kappa shape index (κ3) is 5.68. The fourth-order valence-corrected chi connectivity index (χ4v) is 6.23. The lowest BCUT2D eigenvalue weighted by Gasteiger charge is -2.36. The summed E-state index contributed by atoms with van der Waals surface area (Å²) in [6.45, 7) is 10.9. The molecule has 3 aromatic rings. The highest BCUT2D eigenvalue weighted by Crippen LogP contribution is 2.24. The summed E-state index contributed by atoms with van der Waals surface area (Å²) in [5.74, 6) is 0.445. The molecular formula is C28H35N3O3S. The molecule has 0 N–H and O–H groups in total. The van der Waals surface area contributed by atoms with E-state index < -0.39 is 10.0 Å². The van der Waals surface area contributed by atoms with Gasteiger partial charge in [0.15, 0.2) is 0 Å². The normalized spacial score (nSPS) is 15.1. The molecule has 1 saturated heterocycles. The molecular weight excluding hydrogens is 458 g/mol. The minimum absolute atomic E-state index is 0.0355. The van der Waals surface area contributed by atoms with Gasteiger partial charge in [-0.2, -0.15) is 4.31 Å². The number of hydrogen-bond acceptors (Lipinski definition) is 4. The van der Waals surface area contributed by atoms with Crippen molar-refractivity contribution in [3.05, 3.63) is 71.8 Å². The fourth-order valence-electron chi connectivity index (χ4n) is 4.77. The Kier molecular flexibility index (Phi) is 7.47. The summed E-state index contributed by atoms with van der Waals surface area (Å²) in [4.78, 5) is 17.5. The van der Waals surface area contributed by atoms with E-state index in [1.807, 2.05) is 30.3 Å². The number of sulfonamides is 1. The number of fused-ring (bicyclic) bond motifs is 1. The van der Waals surface area contributed by atoms with Crippen LogP contribution in [0.2, 0.25) is 0 Å². The third-order valence-electron chi connectivity index (χ3n) is 6.55. The Labute approximate surface area is 209 Å². The molecule has 0 saturated carbocycles. The number of benzene rings is 3. The smallest absolute Gasteiger partial charge is 0.243 e. The second-order valence-corrected chi connectivity index (χ2v) is 11.8. The monoisotopic (exact) mass is 493 g/mol. The maximum atomic E-state index is 13.3. The van der Waals surface area contributed by atoms with E-state index in [0.717, 1.165) is 28.6 Å². The summed E-state index contributed by atoms with van der Waals surface area (Å²) in [7, 11) is -3.61. The molecule has 0 aliphatic carbocycles. The number of carbonyl (C=O) groups excluding carboxylic acids is 1. The molecule has 3 aromatic carbocycles. The summed E-state index contributed by atoms with van der Waals surface area (Å²) >= 11 is 0. The molecule has 4 rings (SSSR count). The Morgan fingerprint density at radius 1 is 0.914 bits per heavy atom. The SMILES string of the molecule is Cc1ccc(N(CC(=O)N2CCN(S(=O)(=O)c3ccc4ccccc4c3)CC2)CC(C)C)c(C)c1. The Hall–Kier alpha value is -2.90. The molecule has 0 atom stereocenters. The van der Waals surface area contributed by atoms with Crippen LogP contribution in [-0.2, 0) is 14.8 Å². The molecule has 1 heterocycles. The molecule has 1 aliphatic rings. The Bertz CT molecular complexity index is 1310. The number of anilines is 1. The van der Waals surface area contributed by atoms with Crippen molar-refractivity contribution in [1.29, 1.82) is 0 Å². The van der Waals surface area contributed by atoms with Gasteiger partial charge in [0, 0.05) is 38.4 Å². The van der Waals surface area contributed by atoms with Crippen molar-refractivity contribution in [2.45, 2.75) is 32.6 Å². The van der Waals surface area contributed by atoms with Gasteiger partial charge in [0.2, 0.25) is 15.9 Å².